The third-order valence-corrected chi connectivity index (χ3v) is 1.56. The van der Waals surface area contributed by atoms with Gasteiger partial charge in [-0.05, 0) is 12.0 Å². The van der Waals surface area contributed by atoms with Gasteiger partial charge >= 0.3 is 5.97 Å². The van der Waals surface area contributed by atoms with Crippen LogP contribution in [0.2, 0.25) is 0 Å². The number of aromatic nitrogens is 1. The van der Waals surface area contributed by atoms with Gasteiger partial charge in [0.05, 0.1) is 11.3 Å². The molecule has 1 aromatic heterocycles. The van der Waals surface area contributed by atoms with Gasteiger partial charge < -0.3 is 5.11 Å². The largest absolute Gasteiger partial charge is 0.478 e. The number of carboxylic acids is 1. The first kappa shape index (κ1) is 10.5. The first-order valence-corrected chi connectivity index (χ1v) is 4.27. The van der Waals surface area contributed by atoms with Crippen LogP contribution in [-0.4, -0.2) is 21.8 Å². The zero-order chi connectivity index (χ0) is 10.6. The SMILES string of the molecule is O=C(O)c1ccnc(C#CCS)c1F. The highest BCUT2D eigenvalue weighted by Gasteiger charge is 2.13. The molecule has 0 radical (unpaired) electrons. The molecule has 0 unspecified atom stereocenters. The van der Waals surface area contributed by atoms with Gasteiger partial charge in [-0.25, -0.2) is 14.2 Å². The standard InChI is InChI=1S/C9H6FNO2S/c10-8-6(9(12)13)3-4-11-7(8)2-1-5-14/h3-4,14H,5H2,(H,12,13). The molecule has 72 valence electrons. The molecule has 0 spiro atoms. The Morgan fingerprint density at radius 1 is 1.71 bits per heavy atom. The fourth-order valence-electron chi connectivity index (χ4n) is 0.819. The summed E-state index contributed by atoms with van der Waals surface area (Å²) in [5.41, 5.74) is -0.595. The lowest BCUT2D eigenvalue weighted by atomic mass is 10.2. The van der Waals surface area contributed by atoms with Crippen LogP contribution < -0.4 is 0 Å². The minimum atomic E-state index is -1.33. The molecule has 1 heterocycles. The minimum absolute atomic E-state index is 0.168. The van der Waals surface area contributed by atoms with E-state index in [1.807, 2.05) is 0 Å². The van der Waals surface area contributed by atoms with E-state index in [1.54, 1.807) is 0 Å². The van der Waals surface area contributed by atoms with Gasteiger partial charge in [0.25, 0.3) is 0 Å². The Morgan fingerprint density at radius 3 is 3.00 bits per heavy atom. The summed E-state index contributed by atoms with van der Waals surface area (Å²) in [5.74, 6) is 2.89. The van der Waals surface area contributed by atoms with E-state index in [0.717, 1.165) is 6.07 Å². The zero-order valence-corrected chi connectivity index (χ0v) is 7.88. The van der Waals surface area contributed by atoms with Gasteiger partial charge in [0.2, 0.25) is 0 Å². The van der Waals surface area contributed by atoms with E-state index in [9.17, 15) is 9.18 Å². The molecule has 0 saturated carbocycles. The van der Waals surface area contributed by atoms with E-state index in [4.69, 9.17) is 5.11 Å². The van der Waals surface area contributed by atoms with Crippen molar-refractivity contribution >= 4 is 18.6 Å². The average Bonchev–Trinajstić information content (AvgIpc) is 2.16. The van der Waals surface area contributed by atoms with Crippen molar-refractivity contribution in [3.63, 3.8) is 0 Å². The third-order valence-electron chi connectivity index (χ3n) is 1.41. The van der Waals surface area contributed by atoms with Gasteiger partial charge in [-0.2, -0.15) is 12.6 Å². The second kappa shape index (κ2) is 4.63. The second-order valence-electron chi connectivity index (χ2n) is 2.29. The maximum atomic E-state index is 13.3. The fourth-order valence-corrected chi connectivity index (χ4v) is 0.898. The molecular formula is C9H6FNO2S. The Bertz CT molecular complexity index is 423. The van der Waals surface area contributed by atoms with E-state index < -0.39 is 17.3 Å². The van der Waals surface area contributed by atoms with Crippen LogP contribution >= 0.6 is 12.6 Å². The Labute approximate surface area is 85.4 Å². The van der Waals surface area contributed by atoms with E-state index >= 15 is 0 Å². The van der Waals surface area contributed by atoms with Crippen molar-refractivity contribution in [2.24, 2.45) is 0 Å². The lowest BCUT2D eigenvalue weighted by Gasteiger charge is -1.97. The molecule has 0 aromatic carbocycles. The number of aromatic carboxylic acids is 1. The van der Waals surface area contributed by atoms with E-state index in [1.165, 1.54) is 6.20 Å². The monoisotopic (exact) mass is 211 g/mol. The molecule has 0 saturated heterocycles. The van der Waals surface area contributed by atoms with Crippen molar-refractivity contribution in [1.82, 2.24) is 4.98 Å². The highest BCUT2D eigenvalue weighted by atomic mass is 32.1. The van der Waals surface area contributed by atoms with Gasteiger partial charge in [0.15, 0.2) is 5.82 Å². The van der Waals surface area contributed by atoms with Crippen LogP contribution in [0.15, 0.2) is 12.3 Å². The van der Waals surface area contributed by atoms with Crippen molar-refractivity contribution in [2.75, 3.05) is 5.75 Å². The molecule has 14 heavy (non-hydrogen) atoms. The summed E-state index contributed by atoms with van der Waals surface area (Å²) >= 11 is 3.81. The molecule has 0 aliphatic heterocycles. The number of hydrogen-bond donors (Lipinski definition) is 2. The first-order chi connectivity index (χ1) is 6.66. The molecule has 1 aromatic rings. The van der Waals surface area contributed by atoms with Gasteiger partial charge in [0.1, 0.15) is 5.69 Å². The molecular weight excluding hydrogens is 205 g/mol. The number of carboxylic acid groups (broad SMARTS) is 1. The van der Waals surface area contributed by atoms with Crippen molar-refractivity contribution < 1.29 is 14.3 Å². The molecule has 0 atom stereocenters. The number of thiol groups is 1. The van der Waals surface area contributed by atoms with Crippen molar-refractivity contribution in [2.45, 2.75) is 0 Å². The number of halogens is 1. The highest BCUT2D eigenvalue weighted by molar-refractivity contribution is 7.80. The number of nitrogens with zero attached hydrogens (tertiary/aromatic N) is 1. The number of hydrogen-bond acceptors (Lipinski definition) is 3. The smallest absolute Gasteiger partial charge is 0.338 e. The van der Waals surface area contributed by atoms with Crippen molar-refractivity contribution in [3.8, 4) is 11.8 Å². The summed E-state index contributed by atoms with van der Waals surface area (Å²) in [6.07, 6.45) is 1.20. The average molecular weight is 211 g/mol. The Hall–Kier alpha value is -1.54. The molecule has 1 N–H and O–H groups in total. The lowest BCUT2D eigenvalue weighted by molar-refractivity contribution is 0.0691. The minimum Gasteiger partial charge on any atom is -0.478 e. The summed E-state index contributed by atoms with van der Waals surface area (Å²) in [6, 6.07) is 1.09. The Morgan fingerprint density at radius 2 is 2.43 bits per heavy atom. The normalized spacial score (nSPS) is 9.00. The summed E-state index contributed by atoms with van der Waals surface area (Å²) in [4.78, 5) is 14.1. The van der Waals surface area contributed by atoms with E-state index in [0.29, 0.717) is 0 Å². The number of pyridine rings is 1. The molecule has 0 aliphatic rings. The van der Waals surface area contributed by atoms with Crippen LogP contribution in [0, 0.1) is 17.7 Å². The fraction of sp³-hybridized carbons (Fsp3) is 0.111. The van der Waals surface area contributed by atoms with Crippen LogP contribution in [-0.2, 0) is 0 Å². The van der Waals surface area contributed by atoms with Crippen molar-refractivity contribution in [1.29, 1.82) is 0 Å². The Balaban J connectivity index is 3.20. The van der Waals surface area contributed by atoms with Crippen LogP contribution in [0.4, 0.5) is 4.39 Å². The van der Waals surface area contributed by atoms with E-state index in [-0.39, 0.29) is 11.4 Å². The topological polar surface area (TPSA) is 50.2 Å². The predicted octanol–water partition coefficient (Wildman–Crippen LogP) is 1.20. The predicted molar refractivity (Wildman–Crippen MR) is 51.9 cm³/mol. The van der Waals surface area contributed by atoms with Gasteiger partial charge in [0, 0.05) is 6.20 Å². The summed E-state index contributed by atoms with van der Waals surface area (Å²) in [5, 5.41) is 8.58. The molecule has 0 aliphatic carbocycles. The molecule has 0 fully saturated rings. The lowest BCUT2D eigenvalue weighted by Crippen LogP contribution is -2.03. The Kier molecular flexibility index (Phi) is 3.48. The summed E-state index contributed by atoms with van der Waals surface area (Å²) in [7, 11) is 0. The van der Waals surface area contributed by atoms with Gasteiger partial charge in [-0.1, -0.05) is 5.92 Å². The van der Waals surface area contributed by atoms with Gasteiger partial charge in [-0.15, -0.1) is 0 Å². The summed E-state index contributed by atoms with van der Waals surface area (Å²) < 4.78 is 13.3. The zero-order valence-electron chi connectivity index (χ0n) is 6.99. The highest BCUT2D eigenvalue weighted by Crippen LogP contribution is 2.08. The third kappa shape index (κ3) is 2.24. The molecule has 5 heteroatoms. The number of rotatable bonds is 1. The number of carbonyl (C=O) groups is 1. The molecule has 0 bridgehead atoms. The van der Waals surface area contributed by atoms with Crippen LogP contribution in [0.3, 0.4) is 0 Å². The van der Waals surface area contributed by atoms with Crippen LogP contribution in [0.5, 0.6) is 0 Å². The van der Waals surface area contributed by atoms with Crippen molar-refractivity contribution in [3.05, 3.63) is 29.3 Å². The summed E-state index contributed by atoms with van der Waals surface area (Å²) in [6.45, 7) is 0. The second-order valence-corrected chi connectivity index (χ2v) is 2.60. The first-order valence-electron chi connectivity index (χ1n) is 3.64. The maximum absolute atomic E-state index is 13.3. The maximum Gasteiger partial charge on any atom is 0.338 e. The van der Waals surface area contributed by atoms with Gasteiger partial charge in [-0.3, -0.25) is 0 Å². The molecule has 0 amide bonds. The van der Waals surface area contributed by atoms with Crippen LogP contribution in [0.1, 0.15) is 16.1 Å². The quantitative estimate of drug-likeness (QED) is 0.542. The van der Waals surface area contributed by atoms with Crippen LogP contribution in [0.25, 0.3) is 0 Å². The molecule has 3 nitrogen and oxygen atoms in total. The molecule has 1 rings (SSSR count). The van der Waals surface area contributed by atoms with E-state index in [2.05, 4.69) is 29.5 Å².